The molecule has 1 aromatic heterocycles. The molecule has 0 unspecified atom stereocenters. The van der Waals surface area contributed by atoms with E-state index < -0.39 is 12.7 Å². The Labute approximate surface area is 117 Å². The van der Waals surface area contributed by atoms with Gasteiger partial charge in [-0.05, 0) is 36.5 Å². The molecule has 0 saturated heterocycles. The number of fused-ring (bicyclic) bond motifs is 1. The molecular formula is C15H15BO4. The summed E-state index contributed by atoms with van der Waals surface area (Å²) in [4.78, 5) is 12.0. The Morgan fingerprint density at radius 1 is 1.35 bits per heavy atom. The van der Waals surface area contributed by atoms with Gasteiger partial charge in [0.05, 0.1) is 17.4 Å². The average molecular weight is 270 g/mol. The highest BCUT2D eigenvalue weighted by atomic mass is 16.5. The first-order chi connectivity index (χ1) is 9.47. The fraction of sp³-hybridized carbons (Fsp3) is 0.267. The standard InChI is InChI=1S/C15H15BO4/c1-15(2)12-4-3-10(7-13(12)16(18)20-15)8-14(17)11-5-6-19-9-11/h3-7,9,18H,8H2,1-2H3. The summed E-state index contributed by atoms with van der Waals surface area (Å²) in [5.41, 5.74) is 2.62. The minimum absolute atomic E-state index is 0.00800. The third-order valence-corrected chi connectivity index (χ3v) is 3.64. The van der Waals surface area contributed by atoms with Crippen LogP contribution in [0.25, 0.3) is 0 Å². The average Bonchev–Trinajstić information content (AvgIpc) is 2.97. The van der Waals surface area contributed by atoms with Crippen LogP contribution in [0.4, 0.5) is 0 Å². The van der Waals surface area contributed by atoms with Crippen LogP contribution in [0.1, 0.15) is 35.3 Å². The molecule has 2 heterocycles. The molecule has 1 aliphatic rings. The van der Waals surface area contributed by atoms with Crippen molar-refractivity contribution < 1.29 is 18.9 Å². The van der Waals surface area contributed by atoms with E-state index in [4.69, 9.17) is 9.07 Å². The van der Waals surface area contributed by atoms with Gasteiger partial charge in [-0.15, -0.1) is 0 Å². The summed E-state index contributed by atoms with van der Waals surface area (Å²) < 4.78 is 10.4. The summed E-state index contributed by atoms with van der Waals surface area (Å²) in [6, 6.07) is 7.31. The van der Waals surface area contributed by atoms with Gasteiger partial charge in [-0.25, -0.2) is 0 Å². The van der Waals surface area contributed by atoms with Crippen molar-refractivity contribution in [3.8, 4) is 0 Å². The third kappa shape index (κ3) is 2.19. The number of carbonyl (C=O) groups is 1. The molecule has 20 heavy (non-hydrogen) atoms. The Kier molecular flexibility index (Phi) is 3.03. The number of hydrogen-bond donors (Lipinski definition) is 1. The van der Waals surface area contributed by atoms with Crippen molar-refractivity contribution in [3.05, 3.63) is 53.5 Å². The predicted molar refractivity (Wildman–Crippen MR) is 74.9 cm³/mol. The maximum atomic E-state index is 12.0. The van der Waals surface area contributed by atoms with Crippen LogP contribution in [0.2, 0.25) is 0 Å². The molecule has 5 heteroatoms. The van der Waals surface area contributed by atoms with Crippen molar-refractivity contribution in [2.75, 3.05) is 0 Å². The van der Waals surface area contributed by atoms with Crippen LogP contribution >= 0.6 is 0 Å². The monoisotopic (exact) mass is 270 g/mol. The van der Waals surface area contributed by atoms with Crippen molar-refractivity contribution in [2.24, 2.45) is 0 Å². The molecule has 3 rings (SSSR count). The molecule has 1 aliphatic heterocycles. The maximum Gasteiger partial charge on any atom is 0.492 e. The molecule has 1 aromatic carbocycles. The highest BCUT2D eigenvalue weighted by molar-refractivity contribution is 6.62. The van der Waals surface area contributed by atoms with Crippen LogP contribution in [0.3, 0.4) is 0 Å². The number of furan rings is 1. The van der Waals surface area contributed by atoms with Crippen molar-refractivity contribution >= 4 is 18.4 Å². The molecule has 1 N–H and O–H groups in total. The zero-order valence-electron chi connectivity index (χ0n) is 11.4. The lowest BCUT2D eigenvalue weighted by Crippen LogP contribution is -2.29. The first-order valence-electron chi connectivity index (χ1n) is 6.52. The van der Waals surface area contributed by atoms with Crippen LogP contribution in [0.5, 0.6) is 0 Å². The minimum atomic E-state index is -0.927. The quantitative estimate of drug-likeness (QED) is 0.680. The summed E-state index contributed by atoms with van der Waals surface area (Å²) in [6.45, 7) is 3.83. The fourth-order valence-electron chi connectivity index (χ4n) is 2.59. The summed E-state index contributed by atoms with van der Waals surface area (Å²) >= 11 is 0. The van der Waals surface area contributed by atoms with Gasteiger partial charge < -0.3 is 14.1 Å². The molecule has 2 aromatic rings. The summed E-state index contributed by atoms with van der Waals surface area (Å²) in [6.07, 6.45) is 3.20. The smallest absolute Gasteiger partial charge is 0.472 e. The normalized spacial score (nSPS) is 16.2. The van der Waals surface area contributed by atoms with E-state index >= 15 is 0 Å². The van der Waals surface area contributed by atoms with E-state index in [-0.39, 0.29) is 12.2 Å². The Hall–Kier alpha value is -1.85. The zero-order valence-corrected chi connectivity index (χ0v) is 11.4. The molecular weight excluding hydrogens is 255 g/mol. The van der Waals surface area contributed by atoms with Crippen molar-refractivity contribution in [1.82, 2.24) is 0 Å². The number of benzene rings is 1. The van der Waals surface area contributed by atoms with Crippen LogP contribution in [-0.2, 0) is 16.7 Å². The lowest BCUT2D eigenvalue weighted by atomic mass is 9.77. The summed E-state index contributed by atoms with van der Waals surface area (Å²) in [5, 5.41) is 9.94. The predicted octanol–water partition coefficient (Wildman–Crippen LogP) is 1.66. The Balaban J connectivity index is 1.87. The van der Waals surface area contributed by atoms with E-state index in [1.165, 1.54) is 12.5 Å². The summed E-state index contributed by atoms with van der Waals surface area (Å²) in [7, 11) is -0.927. The molecule has 0 amide bonds. The number of carbonyl (C=O) groups excluding carboxylic acids is 1. The second kappa shape index (κ2) is 4.61. The number of hydrogen-bond acceptors (Lipinski definition) is 4. The van der Waals surface area contributed by atoms with Crippen LogP contribution in [0, 0.1) is 0 Å². The lowest BCUT2D eigenvalue weighted by Gasteiger charge is -2.19. The van der Waals surface area contributed by atoms with Gasteiger partial charge in [-0.3, -0.25) is 4.79 Å². The molecule has 0 fully saturated rings. The highest BCUT2D eigenvalue weighted by Gasteiger charge is 2.40. The van der Waals surface area contributed by atoms with Crippen molar-refractivity contribution in [2.45, 2.75) is 25.9 Å². The third-order valence-electron chi connectivity index (χ3n) is 3.64. The van der Waals surface area contributed by atoms with Gasteiger partial charge in [0.25, 0.3) is 0 Å². The first-order valence-corrected chi connectivity index (χ1v) is 6.52. The Morgan fingerprint density at radius 3 is 2.85 bits per heavy atom. The molecule has 4 nitrogen and oxygen atoms in total. The Morgan fingerprint density at radius 2 is 2.15 bits per heavy atom. The maximum absolute atomic E-state index is 12.0. The number of Topliss-reactive ketones (excluding diaryl/α,β-unsaturated/α-hetero) is 1. The minimum Gasteiger partial charge on any atom is -0.472 e. The van der Waals surface area contributed by atoms with Crippen molar-refractivity contribution in [3.63, 3.8) is 0 Å². The van der Waals surface area contributed by atoms with Crippen LogP contribution < -0.4 is 5.46 Å². The second-order valence-corrected chi connectivity index (χ2v) is 5.51. The van der Waals surface area contributed by atoms with E-state index in [0.29, 0.717) is 5.56 Å². The zero-order chi connectivity index (χ0) is 14.3. The van der Waals surface area contributed by atoms with Gasteiger partial charge in [-0.2, -0.15) is 0 Å². The summed E-state index contributed by atoms with van der Waals surface area (Å²) in [5.74, 6) is -0.00800. The number of rotatable bonds is 3. The fourth-order valence-corrected chi connectivity index (χ4v) is 2.59. The van der Waals surface area contributed by atoms with E-state index in [2.05, 4.69) is 0 Å². The molecule has 0 spiro atoms. The van der Waals surface area contributed by atoms with Gasteiger partial charge in [0.1, 0.15) is 6.26 Å². The van der Waals surface area contributed by atoms with E-state index in [1.54, 1.807) is 6.07 Å². The van der Waals surface area contributed by atoms with E-state index in [0.717, 1.165) is 16.6 Å². The topological polar surface area (TPSA) is 59.7 Å². The van der Waals surface area contributed by atoms with Crippen molar-refractivity contribution in [1.29, 1.82) is 0 Å². The molecule has 0 radical (unpaired) electrons. The first kappa shape index (κ1) is 13.2. The highest BCUT2D eigenvalue weighted by Crippen LogP contribution is 2.30. The van der Waals surface area contributed by atoms with Gasteiger partial charge in [0, 0.05) is 6.42 Å². The van der Waals surface area contributed by atoms with E-state index in [9.17, 15) is 9.82 Å². The van der Waals surface area contributed by atoms with Crippen LogP contribution in [-0.4, -0.2) is 17.9 Å². The number of ketones is 1. The van der Waals surface area contributed by atoms with Gasteiger partial charge in [0.15, 0.2) is 5.78 Å². The molecule has 102 valence electrons. The van der Waals surface area contributed by atoms with Crippen LogP contribution in [0.15, 0.2) is 41.2 Å². The second-order valence-electron chi connectivity index (χ2n) is 5.51. The SMILES string of the molecule is CC1(C)OB(O)c2cc(CC(=O)c3ccoc3)ccc21. The Bertz CT molecular complexity index is 646. The van der Waals surface area contributed by atoms with Gasteiger partial charge in [0.2, 0.25) is 0 Å². The molecule has 0 atom stereocenters. The van der Waals surface area contributed by atoms with Gasteiger partial charge in [-0.1, -0.05) is 18.2 Å². The lowest BCUT2D eigenvalue weighted by molar-refractivity contribution is 0.0990. The molecule has 0 aliphatic carbocycles. The van der Waals surface area contributed by atoms with E-state index in [1.807, 2.05) is 32.0 Å². The van der Waals surface area contributed by atoms with Gasteiger partial charge >= 0.3 is 7.12 Å². The molecule has 0 saturated carbocycles. The molecule has 0 bridgehead atoms. The largest absolute Gasteiger partial charge is 0.492 e.